The number of carbonyl (C=O) groups excluding carboxylic acids is 1. The Hall–Kier alpha value is -2.38. The number of amides is 1. The van der Waals surface area contributed by atoms with Crippen molar-refractivity contribution in [1.82, 2.24) is 20.1 Å². The number of nitrogens with one attached hydrogen (secondary N) is 1. The summed E-state index contributed by atoms with van der Waals surface area (Å²) in [6.45, 7) is 5.31. The summed E-state index contributed by atoms with van der Waals surface area (Å²) in [5.74, 6) is -0.0697. The molecule has 0 unspecified atom stereocenters. The number of hydrogen-bond donors (Lipinski definition) is 1. The highest BCUT2D eigenvalue weighted by atomic mass is 19.4. The van der Waals surface area contributed by atoms with E-state index in [1.807, 2.05) is 13.8 Å². The van der Waals surface area contributed by atoms with E-state index in [1.54, 1.807) is 6.92 Å². The first kappa shape index (κ1) is 16.0. The molecule has 0 bridgehead atoms. The zero-order chi connectivity index (χ0) is 16.5. The van der Waals surface area contributed by atoms with Gasteiger partial charge in [0.05, 0.1) is 23.0 Å². The first-order chi connectivity index (χ1) is 10.2. The van der Waals surface area contributed by atoms with Crippen molar-refractivity contribution in [1.29, 1.82) is 0 Å². The van der Waals surface area contributed by atoms with Gasteiger partial charge in [-0.25, -0.2) is 9.67 Å². The van der Waals surface area contributed by atoms with Gasteiger partial charge in [-0.15, -0.1) is 0 Å². The van der Waals surface area contributed by atoms with Crippen LogP contribution in [-0.2, 0) is 6.18 Å². The lowest BCUT2D eigenvalue weighted by molar-refractivity contribution is -0.137. The van der Waals surface area contributed by atoms with Crippen molar-refractivity contribution in [2.24, 2.45) is 0 Å². The van der Waals surface area contributed by atoms with Crippen molar-refractivity contribution >= 4 is 5.91 Å². The number of carbonyl (C=O) groups is 1. The average molecular weight is 312 g/mol. The van der Waals surface area contributed by atoms with E-state index in [1.165, 1.54) is 16.9 Å². The van der Waals surface area contributed by atoms with E-state index in [9.17, 15) is 18.0 Å². The molecule has 0 aromatic carbocycles. The first-order valence-corrected chi connectivity index (χ1v) is 6.59. The number of rotatable bonds is 3. The van der Waals surface area contributed by atoms with Gasteiger partial charge in [0, 0.05) is 12.2 Å². The maximum absolute atomic E-state index is 12.5. The molecule has 2 aromatic rings. The van der Waals surface area contributed by atoms with Gasteiger partial charge in [-0.3, -0.25) is 4.79 Å². The Morgan fingerprint density at radius 1 is 1.27 bits per heavy atom. The van der Waals surface area contributed by atoms with E-state index in [2.05, 4.69) is 15.4 Å². The first-order valence-electron chi connectivity index (χ1n) is 6.59. The summed E-state index contributed by atoms with van der Waals surface area (Å²) in [5.41, 5.74) is 0.0274. The number of nitrogens with zero attached hydrogens (tertiary/aromatic N) is 3. The fourth-order valence-electron chi connectivity index (χ4n) is 1.88. The third-order valence-electron chi connectivity index (χ3n) is 2.97. The second-order valence-corrected chi connectivity index (χ2v) is 5.09. The summed E-state index contributed by atoms with van der Waals surface area (Å²) < 4.78 is 38.9. The van der Waals surface area contributed by atoms with Crippen LogP contribution in [-0.4, -0.2) is 26.7 Å². The van der Waals surface area contributed by atoms with Crippen LogP contribution in [0.5, 0.6) is 0 Å². The largest absolute Gasteiger partial charge is 0.417 e. The molecule has 2 rings (SSSR count). The van der Waals surface area contributed by atoms with Gasteiger partial charge in [-0.05, 0) is 32.9 Å². The Kier molecular flexibility index (Phi) is 4.20. The zero-order valence-electron chi connectivity index (χ0n) is 12.3. The van der Waals surface area contributed by atoms with Crippen molar-refractivity contribution in [2.45, 2.75) is 33.0 Å². The number of hydrogen-bond acceptors (Lipinski definition) is 3. The van der Waals surface area contributed by atoms with Crippen molar-refractivity contribution in [2.75, 3.05) is 0 Å². The van der Waals surface area contributed by atoms with Gasteiger partial charge in [-0.1, -0.05) is 0 Å². The minimum Gasteiger partial charge on any atom is -0.350 e. The van der Waals surface area contributed by atoms with E-state index in [0.29, 0.717) is 11.3 Å². The second kappa shape index (κ2) is 5.78. The van der Waals surface area contributed by atoms with E-state index >= 15 is 0 Å². The molecule has 0 fully saturated rings. The molecule has 0 aliphatic carbocycles. The SMILES string of the molecule is Cc1c(C(=O)NC(C)C)cnn1-c1ccc(C(F)(F)F)cn1. The molecule has 0 saturated carbocycles. The van der Waals surface area contributed by atoms with Crippen LogP contribution >= 0.6 is 0 Å². The molecule has 1 N–H and O–H groups in total. The molecule has 118 valence electrons. The molecular weight excluding hydrogens is 297 g/mol. The van der Waals surface area contributed by atoms with Crippen molar-refractivity contribution in [3.63, 3.8) is 0 Å². The minimum atomic E-state index is -4.44. The third kappa shape index (κ3) is 3.26. The summed E-state index contributed by atoms with van der Waals surface area (Å²) in [5, 5.41) is 6.75. The van der Waals surface area contributed by atoms with Crippen molar-refractivity contribution in [3.8, 4) is 5.82 Å². The molecule has 5 nitrogen and oxygen atoms in total. The molecule has 0 atom stereocenters. The van der Waals surface area contributed by atoms with Crippen LogP contribution < -0.4 is 5.32 Å². The number of halogens is 3. The lowest BCUT2D eigenvalue weighted by Crippen LogP contribution is -2.30. The Morgan fingerprint density at radius 2 is 1.95 bits per heavy atom. The predicted octanol–water partition coefficient (Wildman–Crippen LogP) is 2.73. The van der Waals surface area contributed by atoms with E-state index in [0.717, 1.165) is 12.3 Å². The van der Waals surface area contributed by atoms with Crippen LogP contribution in [0.2, 0.25) is 0 Å². The van der Waals surface area contributed by atoms with Crippen LogP contribution in [0.4, 0.5) is 13.2 Å². The molecular formula is C14H15F3N4O. The van der Waals surface area contributed by atoms with E-state index < -0.39 is 11.7 Å². The highest BCUT2D eigenvalue weighted by Gasteiger charge is 2.30. The van der Waals surface area contributed by atoms with Crippen LogP contribution in [0.3, 0.4) is 0 Å². The highest BCUT2D eigenvalue weighted by molar-refractivity contribution is 5.95. The van der Waals surface area contributed by atoms with Crippen molar-refractivity contribution < 1.29 is 18.0 Å². The zero-order valence-corrected chi connectivity index (χ0v) is 12.3. The van der Waals surface area contributed by atoms with E-state index in [4.69, 9.17) is 0 Å². The molecule has 8 heteroatoms. The normalized spacial score (nSPS) is 11.8. The molecule has 2 aromatic heterocycles. The second-order valence-electron chi connectivity index (χ2n) is 5.09. The standard InChI is InChI=1S/C14H15F3N4O/c1-8(2)20-13(22)11-7-19-21(9(11)3)12-5-4-10(6-18-12)14(15,16)17/h4-8H,1-3H3,(H,20,22). The molecule has 1 amide bonds. The summed E-state index contributed by atoms with van der Waals surface area (Å²) in [6.07, 6.45) is -2.33. The van der Waals surface area contributed by atoms with E-state index in [-0.39, 0.29) is 17.8 Å². The predicted molar refractivity (Wildman–Crippen MR) is 73.7 cm³/mol. The lowest BCUT2D eigenvalue weighted by atomic mass is 10.2. The van der Waals surface area contributed by atoms with Gasteiger partial charge >= 0.3 is 6.18 Å². The van der Waals surface area contributed by atoms with Crippen LogP contribution in [0.25, 0.3) is 5.82 Å². The molecule has 0 saturated heterocycles. The maximum Gasteiger partial charge on any atom is 0.417 e. The third-order valence-corrected chi connectivity index (χ3v) is 2.97. The topological polar surface area (TPSA) is 59.8 Å². The van der Waals surface area contributed by atoms with Gasteiger partial charge in [-0.2, -0.15) is 18.3 Å². The molecule has 0 aliphatic rings. The highest BCUT2D eigenvalue weighted by Crippen LogP contribution is 2.28. The number of aromatic nitrogens is 3. The van der Waals surface area contributed by atoms with Gasteiger partial charge in [0.2, 0.25) is 0 Å². The Balaban J connectivity index is 2.31. The van der Waals surface area contributed by atoms with Crippen LogP contribution in [0, 0.1) is 6.92 Å². The van der Waals surface area contributed by atoms with Gasteiger partial charge in [0.25, 0.3) is 5.91 Å². The minimum absolute atomic E-state index is 0.0283. The molecule has 0 spiro atoms. The summed E-state index contributed by atoms with van der Waals surface area (Å²) in [4.78, 5) is 15.7. The quantitative estimate of drug-likeness (QED) is 0.948. The lowest BCUT2D eigenvalue weighted by Gasteiger charge is -2.09. The van der Waals surface area contributed by atoms with Gasteiger partial charge < -0.3 is 5.32 Å². The monoisotopic (exact) mass is 312 g/mol. The van der Waals surface area contributed by atoms with Gasteiger partial charge in [0.15, 0.2) is 5.82 Å². The molecule has 0 aliphatic heterocycles. The molecule has 2 heterocycles. The summed E-state index contributed by atoms with van der Waals surface area (Å²) >= 11 is 0. The summed E-state index contributed by atoms with van der Waals surface area (Å²) in [6, 6.07) is 2.11. The maximum atomic E-state index is 12.5. The summed E-state index contributed by atoms with van der Waals surface area (Å²) in [7, 11) is 0. The van der Waals surface area contributed by atoms with Crippen molar-refractivity contribution in [3.05, 3.63) is 41.3 Å². The Labute approximate surface area is 125 Å². The average Bonchev–Trinajstić information content (AvgIpc) is 2.79. The van der Waals surface area contributed by atoms with Gasteiger partial charge in [0.1, 0.15) is 0 Å². The number of alkyl halides is 3. The fraction of sp³-hybridized carbons (Fsp3) is 0.357. The molecule has 0 radical (unpaired) electrons. The van der Waals surface area contributed by atoms with Crippen LogP contribution in [0.1, 0.15) is 35.5 Å². The molecule has 22 heavy (non-hydrogen) atoms. The Morgan fingerprint density at radius 3 is 2.45 bits per heavy atom. The number of pyridine rings is 1. The Bertz CT molecular complexity index is 674. The fourth-order valence-corrected chi connectivity index (χ4v) is 1.88. The smallest absolute Gasteiger partial charge is 0.350 e. The van der Waals surface area contributed by atoms with Crippen LogP contribution in [0.15, 0.2) is 24.5 Å².